The molecule has 0 radical (unpaired) electrons. The molecule has 0 unspecified atom stereocenters. The normalized spacial score (nSPS) is 19.3. The standard InChI is InChI=1S/C13H23N3O2/c1-12(2,16(3)4)10-15-11(17)13(9-14)5-7-18-8-6-13/h5-8,10H2,1-4H3,(H,15,17). The molecule has 1 heterocycles. The molecular weight excluding hydrogens is 230 g/mol. The van der Waals surface area contributed by atoms with E-state index in [2.05, 4.69) is 30.1 Å². The zero-order valence-electron chi connectivity index (χ0n) is 11.7. The molecular formula is C13H23N3O2. The van der Waals surface area contributed by atoms with E-state index in [9.17, 15) is 10.1 Å². The summed E-state index contributed by atoms with van der Waals surface area (Å²) in [6.45, 7) is 5.60. The van der Waals surface area contributed by atoms with Gasteiger partial charge in [-0.2, -0.15) is 5.26 Å². The minimum atomic E-state index is -0.902. The van der Waals surface area contributed by atoms with E-state index >= 15 is 0 Å². The molecule has 0 spiro atoms. The maximum atomic E-state index is 12.2. The van der Waals surface area contributed by atoms with Crippen LogP contribution in [0.4, 0.5) is 0 Å². The number of nitriles is 1. The molecule has 0 aromatic heterocycles. The van der Waals surface area contributed by atoms with Crippen molar-refractivity contribution >= 4 is 5.91 Å². The van der Waals surface area contributed by atoms with Crippen LogP contribution < -0.4 is 5.32 Å². The van der Waals surface area contributed by atoms with E-state index in [0.29, 0.717) is 32.6 Å². The second kappa shape index (κ2) is 5.68. The van der Waals surface area contributed by atoms with Crippen molar-refractivity contribution in [3.8, 4) is 6.07 Å². The van der Waals surface area contributed by atoms with Gasteiger partial charge in [-0.05, 0) is 40.8 Å². The Labute approximate surface area is 109 Å². The van der Waals surface area contributed by atoms with Crippen LogP contribution in [-0.2, 0) is 9.53 Å². The fourth-order valence-corrected chi connectivity index (χ4v) is 1.73. The molecule has 1 fully saturated rings. The van der Waals surface area contributed by atoms with Crippen molar-refractivity contribution in [3.05, 3.63) is 0 Å². The Morgan fingerprint density at radius 2 is 2.00 bits per heavy atom. The number of carbonyl (C=O) groups is 1. The lowest BCUT2D eigenvalue weighted by molar-refractivity contribution is -0.132. The van der Waals surface area contributed by atoms with E-state index in [-0.39, 0.29) is 11.4 Å². The van der Waals surface area contributed by atoms with Crippen LogP contribution in [0.2, 0.25) is 0 Å². The van der Waals surface area contributed by atoms with Crippen LogP contribution in [0.15, 0.2) is 0 Å². The quantitative estimate of drug-likeness (QED) is 0.803. The number of nitrogens with one attached hydrogen (secondary N) is 1. The molecule has 0 atom stereocenters. The first-order chi connectivity index (χ1) is 8.34. The van der Waals surface area contributed by atoms with Crippen molar-refractivity contribution in [1.82, 2.24) is 10.2 Å². The van der Waals surface area contributed by atoms with Gasteiger partial charge in [0.15, 0.2) is 0 Å². The summed E-state index contributed by atoms with van der Waals surface area (Å²) in [6, 6.07) is 2.18. The van der Waals surface area contributed by atoms with E-state index in [0.717, 1.165) is 0 Å². The molecule has 0 aromatic rings. The SMILES string of the molecule is CN(C)C(C)(C)CNC(=O)C1(C#N)CCOCC1. The van der Waals surface area contributed by atoms with E-state index in [1.807, 2.05) is 14.1 Å². The topological polar surface area (TPSA) is 65.4 Å². The van der Waals surface area contributed by atoms with Gasteiger partial charge < -0.3 is 15.0 Å². The zero-order chi connectivity index (χ0) is 13.8. The molecule has 1 rings (SSSR count). The van der Waals surface area contributed by atoms with Crippen molar-refractivity contribution in [3.63, 3.8) is 0 Å². The highest BCUT2D eigenvalue weighted by Gasteiger charge is 2.40. The third kappa shape index (κ3) is 3.21. The number of hydrogen-bond donors (Lipinski definition) is 1. The number of rotatable bonds is 4. The highest BCUT2D eigenvalue weighted by molar-refractivity contribution is 5.85. The Balaban J connectivity index is 2.62. The number of amides is 1. The van der Waals surface area contributed by atoms with Crippen LogP contribution in [0.3, 0.4) is 0 Å². The summed E-state index contributed by atoms with van der Waals surface area (Å²) in [5.74, 6) is -0.164. The van der Waals surface area contributed by atoms with Crippen molar-refractivity contribution in [2.45, 2.75) is 32.2 Å². The fraction of sp³-hybridized carbons (Fsp3) is 0.846. The van der Waals surface area contributed by atoms with Crippen LogP contribution in [0.5, 0.6) is 0 Å². The molecule has 1 N–H and O–H groups in total. The minimum Gasteiger partial charge on any atom is -0.381 e. The summed E-state index contributed by atoms with van der Waals surface area (Å²) in [5, 5.41) is 12.2. The number of hydrogen-bond acceptors (Lipinski definition) is 4. The second-order valence-electron chi connectivity index (χ2n) is 5.70. The Bertz CT molecular complexity index is 339. The van der Waals surface area contributed by atoms with Gasteiger partial charge in [-0.1, -0.05) is 0 Å². The van der Waals surface area contributed by atoms with Crippen molar-refractivity contribution in [2.24, 2.45) is 5.41 Å². The maximum Gasteiger partial charge on any atom is 0.240 e. The molecule has 0 bridgehead atoms. The highest BCUT2D eigenvalue weighted by atomic mass is 16.5. The molecule has 0 aliphatic carbocycles. The number of ether oxygens (including phenoxy) is 1. The Morgan fingerprint density at radius 1 is 1.44 bits per heavy atom. The predicted molar refractivity (Wildman–Crippen MR) is 68.9 cm³/mol. The van der Waals surface area contributed by atoms with Crippen LogP contribution in [-0.4, -0.2) is 50.2 Å². The molecule has 1 aliphatic heterocycles. The minimum absolute atomic E-state index is 0.128. The van der Waals surface area contributed by atoms with Gasteiger partial charge in [0.2, 0.25) is 5.91 Å². The van der Waals surface area contributed by atoms with Crippen molar-refractivity contribution in [1.29, 1.82) is 5.26 Å². The molecule has 5 heteroatoms. The van der Waals surface area contributed by atoms with Crippen LogP contribution >= 0.6 is 0 Å². The first-order valence-corrected chi connectivity index (χ1v) is 6.29. The Hall–Kier alpha value is -1.12. The Kier molecular flexibility index (Phi) is 4.71. The third-order valence-electron chi connectivity index (χ3n) is 3.89. The van der Waals surface area contributed by atoms with Crippen LogP contribution in [0, 0.1) is 16.7 Å². The first kappa shape index (κ1) is 14.9. The first-order valence-electron chi connectivity index (χ1n) is 6.29. The molecule has 0 aromatic carbocycles. The summed E-state index contributed by atoms with van der Waals surface area (Å²) >= 11 is 0. The molecule has 0 saturated carbocycles. The summed E-state index contributed by atoms with van der Waals surface area (Å²) < 4.78 is 5.22. The number of carbonyl (C=O) groups excluding carboxylic acids is 1. The second-order valence-corrected chi connectivity index (χ2v) is 5.70. The van der Waals surface area contributed by atoms with Gasteiger partial charge in [-0.15, -0.1) is 0 Å². The lowest BCUT2D eigenvalue weighted by Crippen LogP contribution is -2.52. The average molecular weight is 253 g/mol. The van der Waals surface area contributed by atoms with Crippen molar-refractivity contribution < 1.29 is 9.53 Å². The van der Waals surface area contributed by atoms with Crippen molar-refractivity contribution in [2.75, 3.05) is 33.9 Å². The molecule has 102 valence electrons. The van der Waals surface area contributed by atoms with Gasteiger partial charge in [-0.3, -0.25) is 4.79 Å². The van der Waals surface area contributed by atoms with Gasteiger partial charge in [0, 0.05) is 25.3 Å². The van der Waals surface area contributed by atoms with E-state index in [1.54, 1.807) is 0 Å². The van der Waals surface area contributed by atoms with Gasteiger partial charge in [0.1, 0.15) is 5.41 Å². The largest absolute Gasteiger partial charge is 0.381 e. The third-order valence-corrected chi connectivity index (χ3v) is 3.89. The highest BCUT2D eigenvalue weighted by Crippen LogP contribution is 2.30. The van der Waals surface area contributed by atoms with E-state index in [1.165, 1.54) is 0 Å². The summed E-state index contributed by atoms with van der Waals surface area (Å²) in [7, 11) is 3.95. The van der Waals surface area contributed by atoms with Gasteiger partial charge in [-0.25, -0.2) is 0 Å². The van der Waals surface area contributed by atoms with Crippen LogP contribution in [0.1, 0.15) is 26.7 Å². The summed E-state index contributed by atoms with van der Waals surface area (Å²) in [4.78, 5) is 14.3. The maximum absolute atomic E-state index is 12.2. The monoisotopic (exact) mass is 253 g/mol. The van der Waals surface area contributed by atoms with E-state index in [4.69, 9.17) is 4.74 Å². The lowest BCUT2D eigenvalue weighted by Gasteiger charge is -2.35. The van der Waals surface area contributed by atoms with Gasteiger partial charge in [0.05, 0.1) is 6.07 Å². The molecule has 1 amide bonds. The summed E-state index contributed by atoms with van der Waals surface area (Å²) in [5.41, 5.74) is -1.03. The molecule has 18 heavy (non-hydrogen) atoms. The summed E-state index contributed by atoms with van der Waals surface area (Å²) in [6.07, 6.45) is 0.968. The molecule has 1 aliphatic rings. The average Bonchev–Trinajstić information content (AvgIpc) is 2.36. The van der Waals surface area contributed by atoms with Crippen LogP contribution in [0.25, 0.3) is 0 Å². The zero-order valence-corrected chi connectivity index (χ0v) is 11.7. The lowest BCUT2D eigenvalue weighted by atomic mass is 9.80. The smallest absolute Gasteiger partial charge is 0.240 e. The number of nitrogens with zero attached hydrogens (tertiary/aromatic N) is 2. The predicted octanol–water partition coefficient (Wildman–Crippen LogP) is 0.763. The van der Waals surface area contributed by atoms with Gasteiger partial charge in [0.25, 0.3) is 0 Å². The molecule has 1 saturated heterocycles. The van der Waals surface area contributed by atoms with E-state index < -0.39 is 5.41 Å². The van der Waals surface area contributed by atoms with Gasteiger partial charge >= 0.3 is 0 Å². The Morgan fingerprint density at radius 3 is 2.44 bits per heavy atom. The fourth-order valence-electron chi connectivity index (χ4n) is 1.73. The molecule has 5 nitrogen and oxygen atoms in total. The number of likely N-dealkylation sites (N-methyl/N-ethyl adjacent to an activating group) is 1.